The van der Waals surface area contributed by atoms with Crippen LogP contribution in [-0.4, -0.2) is 30.3 Å². The summed E-state index contributed by atoms with van der Waals surface area (Å²) in [6, 6.07) is 2.67. The third kappa shape index (κ3) is 4.02. The summed E-state index contributed by atoms with van der Waals surface area (Å²) in [6.07, 6.45) is 2.95. The number of nitrogens with one attached hydrogen (secondary N) is 1. The number of nitrogens with zero attached hydrogens (tertiary/aromatic N) is 1. The number of anilines is 1. The van der Waals surface area contributed by atoms with Crippen molar-refractivity contribution in [3.63, 3.8) is 0 Å². The molecule has 1 aromatic carbocycles. The predicted octanol–water partition coefficient (Wildman–Crippen LogP) is 3.70. The molecule has 2 aliphatic heterocycles. The number of amides is 2. The molecule has 3 N–H and O–H groups in total. The molecule has 2 saturated heterocycles. The van der Waals surface area contributed by atoms with Gasteiger partial charge >= 0.3 is 0 Å². The highest BCUT2D eigenvalue weighted by atomic mass is 35.5. The van der Waals surface area contributed by atoms with Crippen molar-refractivity contribution in [1.82, 2.24) is 5.32 Å². The van der Waals surface area contributed by atoms with E-state index in [-0.39, 0.29) is 21.5 Å². The van der Waals surface area contributed by atoms with Crippen LogP contribution >= 0.6 is 23.4 Å². The third-order valence-corrected chi connectivity index (χ3v) is 5.48. The maximum Gasteiger partial charge on any atom is 0.290 e. The Bertz CT molecular complexity index is 787. The first kappa shape index (κ1) is 19.1. The van der Waals surface area contributed by atoms with Crippen molar-refractivity contribution in [2.45, 2.75) is 31.7 Å². The molecule has 3 rings (SSSR count). The van der Waals surface area contributed by atoms with Crippen molar-refractivity contribution in [3.05, 3.63) is 33.2 Å². The van der Waals surface area contributed by atoms with Gasteiger partial charge in [0.05, 0.1) is 15.6 Å². The third-order valence-electron chi connectivity index (χ3n) is 4.38. The zero-order valence-corrected chi connectivity index (χ0v) is 15.6. The maximum absolute atomic E-state index is 13.8. The fourth-order valence-corrected chi connectivity index (χ4v) is 4.02. The maximum atomic E-state index is 13.8. The van der Waals surface area contributed by atoms with Gasteiger partial charge in [-0.3, -0.25) is 14.9 Å². The molecule has 0 aliphatic carbocycles. The minimum absolute atomic E-state index is 0.0971. The van der Waals surface area contributed by atoms with E-state index in [4.69, 9.17) is 17.3 Å². The molecule has 0 spiro atoms. The number of halogens is 3. The molecule has 0 radical (unpaired) electrons. The Balaban J connectivity index is 2.09. The van der Waals surface area contributed by atoms with Crippen molar-refractivity contribution >= 4 is 46.3 Å². The average molecular weight is 402 g/mol. The van der Waals surface area contributed by atoms with Gasteiger partial charge in [0, 0.05) is 37.2 Å². The zero-order valence-electron chi connectivity index (χ0n) is 14.0. The van der Waals surface area contributed by atoms with E-state index in [1.54, 1.807) is 0 Å². The van der Waals surface area contributed by atoms with Crippen LogP contribution in [0.4, 0.5) is 19.3 Å². The molecule has 2 heterocycles. The molecule has 2 aliphatic rings. The minimum Gasteiger partial charge on any atom is -0.370 e. The van der Waals surface area contributed by atoms with Gasteiger partial charge < -0.3 is 10.6 Å². The first-order chi connectivity index (χ1) is 12.1. The average Bonchev–Trinajstić information content (AvgIpc) is 2.85. The lowest BCUT2D eigenvalue weighted by atomic mass is 10.00. The molecule has 0 bridgehead atoms. The number of piperidine rings is 1. The standard InChI is InChI=1S/C17H18ClF2N3O2S/c1-17(19,20)10-6-9(7-13-15(24)22-16(25)26-13)14(12(18)8-10)23-4-2-11(21)3-5-23/h6-8,11H,2-5,21H2,1H3,(H,22,24,25)/b13-7-. The van der Waals surface area contributed by atoms with E-state index >= 15 is 0 Å². The fourth-order valence-electron chi connectivity index (χ4n) is 3.00. The van der Waals surface area contributed by atoms with Crippen LogP contribution in [0.1, 0.15) is 30.9 Å². The molecule has 0 unspecified atom stereocenters. The van der Waals surface area contributed by atoms with Crippen molar-refractivity contribution < 1.29 is 18.4 Å². The molecule has 0 aromatic heterocycles. The number of carbonyl (C=O) groups excluding carboxylic acids is 2. The minimum atomic E-state index is -3.08. The summed E-state index contributed by atoms with van der Waals surface area (Å²) in [5.74, 6) is -3.63. The van der Waals surface area contributed by atoms with Gasteiger partial charge in [0.1, 0.15) is 0 Å². The zero-order chi connectivity index (χ0) is 19.1. The second-order valence-electron chi connectivity index (χ2n) is 6.46. The first-order valence-electron chi connectivity index (χ1n) is 8.12. The van der Waals surface area contributed by atoms with E-state index in [1.165, 1.54) is 18.2 Å². The monoisotopic (exact) mass is 401 g/mol. The van der Waals surface area contributed by atoms with Gasteiger partial charge in [-0.2, -0.15) is 0 Å². The van der Waals surface area contributed by atoms with E-state index < -0.39 is 17.1 Å². The highest BCUT2D eigenvalue weighted by Gasteiger charge is 2.30. The Morgan fingerprint density at radius 3 is 2.54 bits per heavy atom. The lowest BCUT2D eigenvalue weighted by Crippen LogP contribution is -2.40. The van der Waals surface area contributed by atoms with Crippen LogP contribution in [0, 0.1) is 0 Å². The smallest absolute Gasteiger partial charge is 0.290 e. The van der Waals surface area contributed by atoms with Gasteiger partial charge in [0.2, 0.25) is 0 Å². The molecule has 2 fully saturated rings. The Morgan fingerprint density at radius 1 is 1.35 bits per heavy atom. The van der Waals surface area contributed by atoms with Crippen LogP contribution in [0.5, 0.6) is 0 Å². The van der Waals surface area contributed by atoms with Crippen LogP contribution in [0.2, 0.25) is 5.02 Å². The van der Waals surface area contributed by atoms with E-state index in [0.717, 1.165) is 31.5 Å². The number of benzene rings is 1. The predicted molar refractivity (Wildman–Crippen MR) is 99.5 cm³/mol. The molecule has 5 nitrogen and oxygen atoms in total. The Labute approximate surface area is 158 Å². The van der Waals surface area contributed by atoms with E-state index in [0.29, 0.717) is 24.3 Å². The SMILES string of the molecule is CC(F)(F)c1cc(Cl)c(N2CCC(N)CC2)c(/C=C2\SC(=O)NC2=O)c1. The second-order valence-corrected chi connectivity index (χ2v) is 7.88. The molecule has 9 heteroatoms. The van der Waals surface area contributed by atoms with Crippen LogP contribution in [-0.2, 0) is 10.7 Å². The molecule has 140 valence electrons. The summed E-state index contributed by atoms with van der Waals surface area (Å²) in [7, 11) is 0. The summed E-state index contributed by atoms with van der Waals surface area (Å²) in [6.45, 7) is 2.06. The number of hydrogen-bond acceptors (Lipinski definition) is 5. The van der Waals surface area contributed by atoms with Crippen LogP contribution < -0.4 is 16.0 Å². The number of carbonyl (C=O) groups is 2. The van der Waals surface area contributed by atoms with Gasteiger partial charge in [0.15, 0.2) is 0 Å². The van der Waals surface area contributed by atoms with E-state index in [2.05, 4.69) is 5.32 Å². The van der Waals surface area contributed by atoms with Crippen molar-refractivity contribution in [2.75, 3.05) is 18.0 Å². The molecular formula is C17H18ClF2N3O2S. The lowest BCUT2D eigenvalue weighted by molar-refractivity contribution is -0.115. The van der Waals surface area contributed by atoms with E-state index in [9.17, 15) is 18.4 Å². The summed E-state index contributed by atoms with van der Waals surface area (Å²) in [5, 5.41) is 1.85. The Kier molecular flexibility index (Phi) is 5.28. The van der Waals surface area contributed by atoms with Gasteiger partial charge in [-0.05, 0) is 42.8 Å². The van der Waals surface area contributed by atoms with E-state index in [1.807, 2.05) is 4.90 Å². The molecule has 1 aromatic rings. The largest absolute Gasteiger partial charge is 0.370 e. The molecule has 2 amide bonds. The number of hydrogen-bond donors (Lipinski definition) is 2. The Morgan fingerprint density at radius 2 is 2.00 bits per heavy atom. The number of thioether (sulfide) groups is 1. The normalized spacial score (nSPS) is 20.8. The molecule has 0 saturated carbocycles. The number of imide groups is 1. The second kappa shape index (κ2) is 7.17. The summed E-state index contributed by atoms with van der Waals surface area (Å²) >= 11 is 7.09. The highest BCUT2D eigenvalue weighted by Crippen LogP contribution is 2.40. The number of nitrogens with two attached hydrogens (primary N) is 1. The topological polar surface area (TPSA) is 75.4 Å². The fraction of sp³-hybridized carbons (Fsp3) is 0.412. The Hall–Kier alpha value is -1.64. The van der Waals surface area contributed by atoms with Crippen LogP contribution in [0.15, 0.2) is 17.0 Å². The van der Waals surface area contributed by atoms with Crippen molar-refractivity contribution in [1.29, 1.82) is 0 Å². The number of alkyl halides is 2. The highest BCUT2D eigenvalue weighted by molar-refractivity contribution is 8.18. The summed E-state index contributed by atoms with van der Waals surface area (Å²) in [4.78, 5) is 25.4. The van der Waals surface area contributed by atoms with Crippen LogP contribution in [0.25, 0.3) is 6.08 Å². The van der Waals surface area contributed by atoms with Crippen LogP contribution in [0.3, 0.4) is 0 Å². The van der Waals surface area contributed by atoms with Crippen molar-refractivity contribution in [2.24, 2.45) is 5.73 Å². The summed E-state index contributed by atoms with van der Waals surface area (Å²) in [5.41, 5.74) is 6.65. The number of rotatable bonds is 3. The van der Waals surface area contributed by atoms with Gasteiger partial charge in [0.25, 0.3) is 17.1 Å². The molecular weight excluding hydrogens is 384 g/mol. The van der Waals surface area contributed by atoms with Gasteiger partial charge in [-0.1, -0.05) is 11.6 Å². The lowest BCUT2D eigenvalue weighted by Gasteiger charge is -2.34. The quantitative estimate of drug-likeness (QED) is 0.755. The molecule has 0 atom stereocenters. The first-order valence-corrected chi connectivity index (χ1v) is 9.32. The summed E-state index contributed by atoms with van der Waals surface area (Å²) < 4.78 is 27.7. The van der Waals surface area contributed by atoms with Gasteiger partial charge in [-0.15, -0.1) is 0 Å². The van der Waals surface area contributed by atoms with Crippen molar-refractivity contribution in [3.8, 4) is 0 Å². The molecule has 26 heavy (non-hydrogen) atoms. The van der Waals surface area contributed by atoms with Gasteiger partial charge in [-0.25, -0.2) is 8.78 Å².